The first kappa shape index (κ1) is 24.2. The molecule has 0 atom stereocenters. The minimum Gasteiger partial charge on any atom is -0.495 e. The summed E-state index contributed by atoms with van der Waals surface area (Å²) in [4.78, 5) is 21.3. The van der Waals surface area contributed by atoms with Crippen molar-refractivity contribution in [1.82, 2.24) is 0 Å². The van der Waals surface area contributed by atoms with Gasteiger partial charge in [0.05, 0.1) is 29.6 Å². The fourth-order valence-corrected chi connectivity index (χ4v) is 4.15. The number of non-ortho nitro benzene ring substituents is 1. The molecule has 0 aromatic heterocycles. The summed E-state index contributed by atoms with van der Waals surface area (Å²) in [6.07, 6.45) is 1.43. The number of amides is 1. The molecular formula is C22H21N5O6S. The fraction of sp³-hybridized carbons (Fsp3) is 0.0909. The van der Waals surface area contributed by atoms with Gasteiger partial charge in [0.1, 0.15) is 10.6 Å². The molecule has 0 radical (unpaired) electrons. The van der Waals surface area contributed by atoms with Gasteiger partial charge in [-0.2, -0.15) is 5.10 Å². The topological polar surface area (TPSA) is 152 Å². The van der Waals surface area contributed by atoms with Crippen LogP contribution in [0.1, 0.15) is 12.5 Å². The third kappa shape index (κ3) is 6.07. The number of nitro benzene ring substituents is 1. The number of sulfonamides is 1. The van der Waals surface area contributed by atoms with E-state index >= 15 is 0 Å². The van der Waals surface area contributed by atoms with Gasteiger partial charge in [0.15, 0.2) is 0 Å². The number of carbonyl (C=O) groups is 1. The van der Waals surface area contributed by atoms with Crippen LogP contribution in [0.4, 0.5) is 22.7 Å². The van der Waals surface area contributed by atoms with E-state index in [0.29, 0.717) is 11.3 Å². The third-order valence-corrected chi connectivity index (χ3v) is 5.85. The van der Waals surface area contributed by atoms with Crippen LogP contribution in [0, 0.1) is 10.1 Å². The van der Waals surface area contributed by atoms with Crippen LogP contribution in [-0.2, 0) is 14.8 Å². The lowest BCUT2D eigenvalue weighted by atomic mass is 10.2. The van der Waals surface area contributed by atoms with Crippen LogP contribution in [0.5, 0.6) is 5.75 Å². The van der Waals surface area contributed by atoms with Crippen molar-refractivity contribution in [1.29, 1.82) is 0 Å². The quantitative estimate of drug-likeness (QED) is 0.238. The number of benzene rings is 3. The number of hydrogen-bond acceptors (Lipinski definition) is 8. The van der Waals surface area contributed by atoms with E-state index in [-0.39, 0.29) is 27.9 Å². The predicted octanol–water partition coefficient (Wildman–Crippen LogP) is 3.81. The number of carbonyl (C=O) groups excluding carboxylic acids is 1. The van der Waals surface area contributed by atoms with E-state index in [1.165, 1.54) is 38.4 Å². The average molecular weight is 484 g/mol. The van der Waals surface area contributed by atoms with E-state index in [1.54, 1.807) is 42.5 Å². The van der Waals surface area contributed by atoms with Gasteiger partial charge >= 0.3 is 0 Å². The van der Waals surface area contributed by atoms with Crippen LogP contribution in [0.25, 0.3) is 0 Å². The third-order valence-electron chi connectivity index (χ3n) is 4.45. The summed E-state index contributed by atoms with van der Waals surface area (Å²) in [6, 6.07) is 16.5. The molecule has 0 heterocycles. The zero-order valence-electron chi connectivity index (χ0n) is 18.2. The van der Waals surface area contributed by atoms with Gasteiger partial charge in [0.25, 0.3) is 15.7 Å². The first-order valence-electron chi connectivity index (χ1n) is 9.80. The summed E-state index contributed by atoms with van der Waals surface area (Å²) in [6.45, 7) is 1.40. The lowest BCUT2D eigenvalue weighted by molar-refractivity contribution is -0.385. The zero-order valence-corrected chi connectivity index (χ0v) is 19.0. The normalized spacial score (nSPS) is 11.1. The molecule has 11 nitrogen and oxygen atoms in total. The van der Waals surface area contributed by atoms with E-state index in [0.717, 1.165) is 6.07 Å². The SMILES string of the molecule is COc1ccccc1NS(=O)(=O)c1cc([N+](=O)[O-])ccc1N/N=C/c1ccc(NC(C)=O)cc1. The molecule has 0 saturated carbocycles. The van der Waals surface area contributed by atoms with Crippen molar-refractivity contribution in [2.24, 2.45) is 5.10 Å². The number of methoxy groups -OCH3 is 1. The molecule has 176 valence electrons. The largest absolute Gasteiger partial charge is 0.495 e. The Morgan fingerprint density at radius 2 is 1.76 bits per heavy atom. The van der Waals surface area contributed by atoms with Crippen molar-refractivity contribution >= 4 is 44.9 Å². The molecule has 0 aliphatic heterocycles. The van der Waals surface area contributed by atoms with E-state index in [4.69, 9.17) is 4.74 Å². The van der Waals surface area contributed by atoms with Crippen LogP contribution < -0.4 is 20.2 Å². The van der Waals surface area contributed by atoms with Crippen molar-refractivity contribution in [2.75, 3.05) is 22.6 Å². The zero-order chi connectivity index (χ0) is 24.7. The molecule has 0 aliphatic rings. The summed E-state index contributed by atoms with van der Waals surface area (Å²) >= 11 is 0. The highest BCUT2D eigenvalue weighted by Crippen LogP contribution is 2.31. The summed E-state index contributed by atoms with van der Waals surface area (Å²) in [5, 5.41) is 17.9. The minimum atomic E-state index is -4.26. The summed E-state index contributed by atoms with van der Waals surface area (Å²) in [5.74, 6) is 0.0865. The smallest absolute Gasteiger partial charge is 0.270 e. The lowest BCUT2D eigenvalue weighted by Crippen LogP contribution is -2.15. The van der Waals surface area contributed by atoms with Crippen LogP contribution in [0.3, 0.4) is 0 Å². The number of anilines is 3. The molecule has 3 N–H and O–H groups in total. The molecule has 0 spiro atoms. The second-order valence-corrected chi connectivity index (χ2v) is 8.57. The maximum Gasteiger partial charge on any atom is 0.270 e. The lowest BCUT2D eigenvalue weighted by Gasteiger charge is -2.14. The van der Waals surface area contributed by atoms with Crippen LogP contribution >= 0.6 is 0 Å². The van der Waals surface area contributed by atoms with Gasteiger partial charge in [-0.3, -0.25) is 25.1 Å². The number of para-hydroxylation sites is 2. The Morgan fingerprint density at radius 1 is 1.06 bits per heavy atom. The molecular weight excluding hydrogens is 462 g/mol. The molecule has 3 aromatic rings. The maximum absolute atomic E-state index is 13.1. The van der Waals surface area contributed by atoms with Crippen molar-refractivity contribution in [3.8, 4) is 5.75 Å². The Morgan fingerprint density at radius 3 is 2.41 bits per heavy atom. The molecule has 3 aromatic carbocycles. The molecule has 0 saturated heterocycles. The molecule has 34 heavy (non-hydrogen) atoms. The van der Waals surface area contributed by atoms with Crippen molar-refractivity contribution in [3.05, 3.63) is 82.4 Å². The van der Waals surface area contributed by atoms with Gasteiger partial charge in [-0.1, -0.05) is 24.3 Å². The first-order valence-corrected chi connectivity index (χ1v) is 11.3. The van der Waals surface area contributed by atoms with Crippen LogP contribution in [-0.4, -0.2) is 32.6 Å². The van der Waals surface area contributed by atoms with Crippen LogP contribution in [0.15, 0.2) is 76.7 Å². The molecule has 12 heteroatoms. The number of ether oxygens (including phenoxy) is 1. The monoisotopic (exact) mass is 483 g/mol. The summed E-state index contributed by atoms with van der Waals surface area (Å²) in [5.41, 5.74) is 3.70. The summed E-state index contributed by atoms with van der Waals surface area (Å²) < 4.78 is 33.8. The number of nitrogens with zero attached hydrogens (tertiary/aromatic N) is 2. The van der Waals surface area contributed by atoms with Crippen molar-refractivity contribution < 1.29 is 22.9 Å². The van der Waals surface area contributed by atoms with E-state index in [9.17, 15) is 23.3 Å². The minimum absolute atomic E-state index is 0.0270. The van der Waals surface area contributed by atoms with E-state index < -0.39 is 20.6 Å². The number of hydrazone groups is 1. The molecule has 3 rings (SSSR count). The molecule has 1 amide bonds. The predicted molar refractivity (Wildman–Crippen MR) is 129 cm³/mol. The second-order valence-electron chi connectivity index (χ2n) is 6.92. The van der Waals surface area contributed by atoms with E-state index in [1.807, 2.05) is 0 Å². The standard InChI is InChI=1S/C22H21N5O6S/c1-15(28)24-17-9-7-16(8-10-17)14-23-25-20-12-11-18(27(29)30)13-22(20)34(31,32)26-19-5-3-4-6-21(19)33-2/h3-14,25-26H,1-2H3,(H,24,28)/b23-14+. The average Bonchev–Trinajstić information content (AvgIpc) is 2.80. The van der Waals surface area contributed by atoms with Gasteiger partial charge < -0.3 is 10.1 Å². The highest BCUT2D eigenvalue weighted by molar-refractivity contribution is 7.93. The Bertz CT molecular complexity index is 1340. The Kier molecular flexibility index (Phi) is 7.43. The Balaban J connectivity index is 1.88. The molecule has 0 bridgehead atoms. The van der Waals surface area contributed by atoms with Gasteiger partial charge in [0.2, 0.25) is 5.91 Å². The van der Waals surface area contributed by atoms with Crippen molar-refractivity contribution in [3.63, 3.8) is 0 Å². The number of rotatable bonds is 9. The molecule has 0 aliphatic carbocycles. The molecule has 0 unspecified atom stereocenters. The highest BCUT2D eigenvalue weighted by Gasteiger charge is 2.23. The first-order chi connectivity index (χ1) is 16.2. The molecule has 0 fully saturated rings. The van der Waals surface area contributed by atoms with Gasteiger partial charge in [0, 0.05) is 24.7 Å². The Hall–Kier alpha value is -4.45. The number of nitro groups is 1. The number of nitrogens with one attached hydrogen (secondary N) is 3. The van der Waals surface area contributed by atoms with Crippen molar-refractivity contribution in [2.45, 2.75) is 11.8 Å². The maximum atomic E-state index is 13.1. The highest BCUT2D eigenvalue weighted by atomic mass is 32.2. The Labute approximate surface area is 195 Å². The number of hydrogen-bond donors (Lipinski definition) is 3. The fourth-order valence-electron chi connectivity index (χ4n) is 2.90. The second kappa shape index (κ2) is 10.4. The van der Waals surface area contributed by atoms with Gasteiger partial charge in [-0.25, -0.2) is 8.42 Å². The van der Waals surface area contributed by atoms with Gasteiger partial charge in [-0.05, 0) is 35.9 Å². The van der Waals surface area contributed by atoms with Crippen LogP contribution in [0.2, 0.25) is 0 Å². The van der Waals surface area contributed by atoms with Gasteiger partial charge in [-0.15, -0.1) is 0 Å². The summed E-state index contributed by atoms with van der Waals surface area (Å²) in [7, 11) is -2.86. The van der Waals surface area contributed by atoms with E-state index in [2.05, 4.69) is 20.6 Å².